The Morgan fingerprint density at radius 3 is 2.55 bits per heavy atom. The number of pyridine rings is 1. The standard InChI is InChI=1S/C10H12ClF3N2O3S/c1-6(16-20(17,18)10(12,13)14)5-19-9-4-3-8(11)7(2)15-9/h3-4,6,16H,5H2,1-2H3/t6-/m0/s1. The van der Waals surface area contributed by atoms with Crippen molar-refractivity contribution >= 4 is 21.6 Å². The molecule has 0 aliphatic heterocycles. The van der Waals surface area contributed by atoms with E-state index in [0.29, 0.717) is 10.7 Å². The summed E-state index contributed by atoms with van der Waals surface area (Å²) in [5.41, 5.74) is -4.86. The van der Waals surface area contributed by atoms with E-state index in [9.17, 15) is 21.6 Å². The zero-order chi connectivity index (χ0) is 15.6. The van der Waals surface area contributed by atoms with Crippen LogP contribution in [0.3, 0.4) is 0 Å². The van der Waals surface area contributed by atoms with Crippen molar-refractivity contribution in [2.75, 3.05) is 6.61 Å². The van der Waals surface area contributed by atoms with Gasteiger partial charge in [-0.3, -0.25) is 0 Å². The summed E-state index contributed by atoms with van der Waals surface area (Å²) in [4.78, 5) is 3.94. The van der Waals surface area contributed by atoms with Gasteiger partial charge in [-0.1, -0.05) is 11.6 Å². The number of sulfonamides is 1. The minimum atomic E-state index is -5.39. The predicted molar refractivity (Wildman–Crippen MR) is 67.1 cm³/mol. The third-order valence-corrected chi connectivity index (χ3v) is 3.86. The third kappa shape index (κ3) is 4.50. The molecule has 0 saturated heterocycles. The average Bonchev–Trinajstić information content (AvgIpc) is 2.28. The lowest BCUT2D eigenvalue weighted by Gasteiger charge is -2.16. The van der Waals surface area contributed by atoms with Crippen LogP contribution in [0, 0.1) is 6.92 Å². The third-order valence-electron chi connectivity index (χ3n) is 2.14. The summed E-state index contributed by atoms with van der Waals surface area (Å²) in [6.45, 7) is 2.57. The molecule has 1 heterocycles. The summed E-state index contributed by atoms with van der Waals surface area (Å²) >= 11 is 5.75. The normalized spacial score (nSPS) is 14.1. The van der Waals surface area contributed by atoms with Gasteiger partial charge in [-0.15, -0.1) is 0 Å². The van der Waals surface area contributed by atoms with Crippen molar-refractivity contribution in [1.82, 2.24) is 9.71 Å². The fourth-order valence-corrected chi connectivity index (χ4v) is 2.01. The molecule has 1 rings (SSSR count). The Hall–Kier alpha value is -1.06. The van der Waals surface area contributed by atoms with Gasteiger partial charge in [0, 0.05) is 6.07 Å². The van der Waals surface area contributed by atoms with Crippen LogP contribution in [0.4, 0.5) is 13.2 Å². The van der Waals surface area contributed by atoms with Crippen molar-refractivity contribution in [1.29, 1.82) is 0 Å². The van der Waals surface area contributed by atoms with Crippen LogP contribution in [0.15, 0.2) is 12.1 Å². The molecule has 0 amide bonds. The molecule has 1 aromatic heterocycles. The number of alkyl halides is 3. The summed E-state index contributed by atoms with van der Waals surface area (Å²) in [6.07, 6.45) is 0. The monoisotopic (exact) mass is 332 g/mol. The van der Waals surface area contributed by atoms with E-state index in [4.69, 9.17) is 16.3 Å². The lowest BCUT2D eigenvalue weighted by atomic mass is 10.4. The number of aryl methyl sites for hydroxylation is 1. The molecule has 1 aromatic rings. The zero-order valence-corrected chi connectivity index (χ0v) is 12.1. The molecule has 0 unspecified atom stereocenters. The fourth-order valence-electron chi connectivity index (χ4n) is 1.18. The largest absolute Gasteiger partial charge is 0.511 e. The lowest BCUT2D eigenvalue weighted by Crippen LogP contribution is -2.43. The van der Waals surface area contributed by atoms with Crippen LogP contribution in [-0.2, 0) is 10.0 Å². The van der Waals surface area contributed by atoms with E-state index in [-0.39, 0.29) is 12.5 Å². The number of nitrogens with zero attached hydrogens (tertiary/aromatic N) is 1. The van der Waals surface area contributed by atoms with E-state index in [0.717, 1.165) is 0 Å². The van der Waals surface area contributed by atoms with Gasteiger partial charge in [0.05, 0.1) is 16.8 Å². The Balaban J connectivity index is 2.60. The van der Waals surface area contributed by atoms with E-state index >= 15 is 0 Å². The Kier molecular flexibility index (Phi) is 5.22. The summed E-state index contributed by atoms with van der Waals surface area (Å²) in [5, 5.41) is 0.420. The molecule has 0 spiro atoms. The fraction of sp³-hybridized carbons (Fsp3) is 0.500. The van der Waals surface area contributed by atoms with Gasteiger partial charge in [0.2, 0.25) is 5.88 Å². The quantitative estimate of drug-likeness (QED) is 0.898. The molecular formula is C10H12ClF3N2O3S. The molecule has 0 saturated carbocycles. The second kappa shape index (κ2) is 6.15. The highest BCUT2D eigenvalue weighted by molar-refractivity contribution is 7.90. The van der Waals surface area contributed by atoms with Gasteiger partial charge in [0.1, 0.15) is 6.61 Å². The Labute approximate surface area is 119 Å². The SMILES string of the molecule is Cc1nc(OC[C@H](C)NS(=O)(=O)C(F)(F)F)ccc1Cl. The van der Waals surface area contributed by atoms with Crippen LogP contribution in [0.25, 0.3) is 0 Å². The number of rotatable bonds is 5. The molecule has 0 aromatic carbocycles. The van der Waals surface area contributed by atoms with E-state index in [1.165, 1.54) is 23.8 Å². The number of hydrogen-bond donors (Lipinski definition) is 1. The maximum absolute atomic E-state index is 12.1. The molecule has 0 bridgehead atoms. The van der Waals surface area contributed by atoms with Crippen LogP contribution in [-0.4, -0.2) is 31.6 Å². The van der Waals surface area contributed by atoms with Crippen LogP contribution in [0.2, 0.25) is 5.02 Å². The van der Waals surface area contributed by atoms with Gasteiger partial charge in [0.25, 0.3) is 0 Å². The Morgan fingerprint density at radius 1 is 1.45 bits per heavy atom. The van der Waals surface area contributed by atoms with Gasteiger partial charge < -0.3 is 4.74 Å². The summed E-state index contributed by atoms with van der Waals surface area (Å²) in [5.74, 6) is 0.143. The van der Waals surface area contributed by atoms with Crippen molar-refractivity contribution in [3.63, 3.8) is 0 Å². The average molecular weight is 333 g/mol. The second-order valence-electron chi connectivity index (χ2n) is 4.00. The van der Waals surface area contributed by atoms with Crippen molar-refractivity contribution in [2.45, 2.75) is 25.4 Å². The first kappa shape index (κ1) is 17.0. The van der Waals surface area contributed by atoms with Gasteiger partial charge in [-0.05, 0) is 19.9 Å². The maximum Gasteiger partial charge on any atom is 0.511 e. The lowest BCUT2D eigenvalue weighted by molar-refractivity contribution is -0.0451. The first-order valence-corrected chi connectivity index (χ1v) is 7.23. The van der Waals surface area contributed by atoms with Crippen molar-refractivity contribution in [3.05, 3.63) is 22.8 Å². The highest BCUT2D eigenvalue weighted by Crippen LogP contribution is 2.22. The number of hydrogen-bond acceptors (Lipinski definition) is 4. The Bertz CT molecular complexity index is 578. The van der Waals surface area contributed by atoms with E-state index in [2.05, 4.69) is 4.98 Å². The van der Waals surface area contributed by atoms with E-state index in [1.54, 1.807) is 6.92 Å². The second-order valence-corrected chi connectivity index (χ2v) is 6.11. The van der Waals surface area contributed by atoms with Gasteiger partial charge in [-0.25, -0.2) is 18.1 Å². The molecule has 5 nitrogen and oxygen atoms in total. The molecule has 0 aliphatic carbocycles. The predicted octanol–water partition coefficient (Wildman–Crippen LogP) is 2.25. The summed E-state index contributed by atoms with van der Waals surface area (Å²) in [7, 11) is -5.39. The molecule has 10 heteroatoms. The van der Waals surface area contributed by atoms with E-state index in [1.807, 2.05) is 0 Å². The summed E-state index contributed by atoms with van der Waals surface area (Å²) in [6, 6.07) is 1.88. The molecule has 0 aliphatic rings. The zero-order valence-electron chi connectivity index (χ0n) is 10.5. The molecular weight excluding hydrogens is 321 g/mol. The van der Waals surface area contributed by atoms with Gasteiger partial charge in [0.15, 0.2) is 0 Å². The molecule has 0 radical (unpaired) electrons. The highest BCUT2D eigenvalue weighted by atomic mass is 35.5. The first-order valence-electron chi connectivity index (χ1n) is 5.37. The van der Waals surface area contributed by atoms with Gasteiger partial charge in [-0.2, -0.15) is 13.2 Å². The van der Waals surface area contributed by atoms with Crippen molar-refractivity contribution in [2.24, 2.45) is 0 Å². The number of halogens is 4. The van der Waals surface area contributed by atoms with E-state index < -0.39 is 21.6 Å². The molecule has 1 N–H and O–H groups in total. The Morgan fingerprint density at radius 2 is 2.05 bits per heavy atom. The highest BCUT2D eigenvalue weighted by Gasteiger charge is 2.46. The smallest absolute Gasteiger partial charge is 0.476 e. The van der Waals surface area contributed by atoms with Crippen LogP contribution in [0.1, 0.15) is 12.6 Å². The molecule has 20 heavy (non-hydrogen) atoms. The first-order chi connectivity index (χ1) is 9.03. The number of nitrogens with one attached hydrogen (secondary N) is 1. The number of ether oxygens (including phenoxy) is 1. The maximum atomic E-state index is 12.1. The topological polar surface area (TPSA) is 68.3 Å². The summed E-state index contributed by atoms with van der Waals surface area (Å²) < 4.78 is 64.7. The minimum Gasteiger partial charge on any atom is -0.476 e. The number of aromatic nitrogens is 1. The van der Waals surface area contributed by atoms with Crippen LogP contribution in [0.5, 0.6) is 5.88 Å². The molecule has 1 atom stereocenters. The van der Waals surface area contributed by atoms with Gasteiger partial charge >= 0.3 is 15.5 Å². The molecule has 114 valence electrons. The van der Waals surface area contributed by atoms with Crippen molar-refractivity contribution in [3.8, 4) is 5.88 Å². The van der Waals surface area contributed by atoms with Crippen LogP contribution >= 0.6 is 11.6 Å². The minimum absolute atomic E-state index is 0.143. The van der Waals surface area contributed by atoms with Crippen LogP contribution < -0.4 is 9.46 Å². The van der Waals surface area contributed by atoms with Crippen molar-refractivity contribution < 1.29 is 26.3 Å². The molecule has 0 fully saturated rings.